The Morgan fingerprint density at radius 1 is 1.24 bits per heavy atom. The van der Waals surface area contributed by atoms with Gasteiger partial charge in [-0.1, -0.05) is 6.92 Å². The molecule has 21 heavy (non-hydrogen) atoms. The van der Waals surface area contributed by atoms with E-state index in [0.717, 1.165) is 31.1 Å². The van der Waals surface area contributed by atoms with Crippen LogP contribution >= 0.6 is 0 Å². The van der Waals surface area contributed by atoms with Crippen molar-refractivity contribution in [2.24, 2.45) is 0 Å². The molecular weight excluding hydrogens is 275 g/mol. The number of rotatable bonds is 12. The first-order valence-electron chi connectivity index (χ1n) is 7.32. The van der Waals surface area contributed by atoms with Gasteiger partial charge in [0.2, 0.25) is 5.88 Å². The predicted octanol–water partition coefficient (Wildman–Crippen LogP) is 2.15. The Hall–Kier alpha value is -1.24. The van der Waals surface area contributed by atoms with Crippen LogP contribution in [0.15, 0.2) is 12.3 Å². The Balaban J connectivity index is 2.32. The Kier molecular flexibility index (Phi) is 9.69. The number of halogens is 1. The number of hydrogen-bond acceptors (Lipinski definition) is 5. The molecule has 0 aromatic carbocycles. The van der Waals surface area contributed by atoms with Gasteiger partial charge < -0.3 is 19.5 Å². The lowest BCUT2D eigenvalue weighted by atomic mass is 10.2. The van der Waals surface area contributed by atoms with Gasteiger partial charge in [0.15, 0.2) is 0 Å². The first kappa shape index (κ1) is 17.8. The standard InChI is InChI=1S/C15H25FN2O3/c1-3-5-17-11-13-10-14(16)12-18-15(13)21-9-8-20-7-4-6-19-2/h10,12,17H,3-9,11H2,1-2H3. The van der Waals surface area contributed by atoms with Crippen molar-refractivity contribution in [1.29, 1.82) is 0 Å². The molecule has 0 unspecified atom stereocenters. The molecule has 1 aromatic heterocycles. The zero-order valence-electron chi connectivity index (χ0n) is 12.9. The van der Waals surface area contributed by atoms with Gasteiger partial charge in [-0.05, 0) is 25.5 Å². The Labute approximate surface area is 125 Å². The van der Waals surface area contributed by atoms with Gasteiger partial charge in [-0.15, -0.1) is 0 Å². The highest BCUT2D eigenvalue weighted by molar-refractivity contribution is 5.26. The fourth-order valence-corrected chi connectivity index (χ4v) is 1.73. The van der Waals surface area contributed by atoms with Crippen molar-refractivity contribution in [3.05, 3.63) is 23.6 Å². The van der Waals surface area contributed by atoms with E-state index in [-0.39, 0.29) is 5.82 Å². The summed E-state index contributed by atoms with van der Waals surface area (Å²) in [5.41, 5.74) is 0.725. The minimum Gasteiger partial charge on any atom is -0.475 e. The highest BCUT2D eigenvalue weighted by atomic mass is 19.1. The molecular formula is C15H25FN2O3. The molecule has 1 rings (SSSR count). The summed E-state index contributed by atoms with van der Waals surface area (Å²) in [7, 11) is 1.66. The zero-order valence-corrected chi connectivity index (χ0v) is 12.9. The van der Waals surface area contributed by atoms with Crippen LogP contribution in [0, 0.1) is 5.82 Å². The van der Waals surface area contributed by atoms with E-state index >= 15 is 0 Å². The van der Waals surface area contributed by atoms with Gasteiger partial charge in [0.1, 0.15) is 12.4 Å². The molecule has 1 N–H and O–H groups in total. The van der Waals surface area contributed by atoms with Crippen LogP contribution in [0.2, 0.25) is 0 Å². The first-order chi connectivity index (χ1) is 10.3. The maximum absolute atomic E-state index is 13.2. The van der Waals surface area contributed by atoms with E-state index < -0.39 is 0 Å². The number of nitrogens with zero attached hydrogens (tertiary/aromatic N) is 1. The van der Waals surface area contributed by atoms with Crippen LogP contribution in [0.3, 0.4) is 0 Å². The van der Waals surface area contributed by atoms with E-state index in [1.165, 1.54) is 6.07 Å². The maximum atomic E-state index is 13.2. The SMILES string of the molecule is CCCNCc1cc(F)cnc1OCCOCCCOC. The van der Waals surface area contributed by atoms with Gasteiger partial charge >= 0.3 is 0 Å². The number of aromatic nitrogens is 1. The quantitative estimate of drug-likeness (QED) is 0.599. The molecule has 1 aromatic rings. The predicted molar refractivity (Wildman–Crippen MR) is 79.0 cm³/mol. The lowest BCUT2D eigenvalue weighted by molar-refractivity contribution is 0.0792. The lowest BCUT2D eigenvalue weighted by Gasteiger charge is -2.11. The first-order valence-corrected chi connectivity index (χ1v) is 7.32. The number of methoxy groups -OCH3 is 1. The summed E-state index contributed by atoms with van der Waals surface area (Å²) in [6.07, 6.45) is 3.05. The fourth-order valence-electron chi connectivity index (χ4n) is 1.73. The molecule has 0 spiro atoms. The molecule has 0 bridgehead atoms. The molecule has 5 nitrogen and oxygen atoms in total. The van der Waals surface area contributed by atoms with E-state index in [1.807, 2.05) is 0 Å². The summed E-state index contributed by atoms with van der Waals surface area (Å²) in [5, 5.41) is 3.21. The van der Waals surface area contributed by atoms with Crippen LogP contribution in [0.5, 0.6) is 5.88 Å². The summed E-state index contributed by atoms with van der Waals surface area (Å²) < 4.78 is 29.1. The van der Waals surface area contributed by atoms with Gasteiger partial charge in [-0.2, -0.15) is 0 Å². The molecule has 0 aliphatic carbocycles. The average molecular weight is 300 g/mol. The highest BCUT2D eigenvalue weighted by Gasteiger charge is 2.07. The van der Waals surface area contributed by atoms with Crippen LogP contribution in [-0.4, -0.2) is 45.1 Å². The number of hydrogen-bond donors (Lipinski definition) is 1. The molecule has 0 saturated heterocycles. The average Bonchev–Trinajstić information content (AvgIpc) is 2.48. The highest BCUT2D eigenvalue weighted by Crippen LogP contribution is 2.16. The van der Waals surface area contributed by atoms with E-state index in [9.17, 15) is 4.39 Å². The van der Waals surface area contributed by atoms with Crippen LogP contribution in [-0.2, 0) is 16.0 Å². The molecule has 6 heteroatoms. The number of nitrogens with one attached hydrogen (secondary N) is 1. The van der Waals surface area contributed by atoms with Crippen LogP contribution in [0.25, 0.3) is 0 Å². The van der Waals surface area contributed by atoms with E-state index in [1.54, 1.807) is 7.11 Å². The van der Waals surface area contributed by atoms with Gasteiger partial charge in [-0.25, -0.2) is 9.37 Å². The van der Waals surface area contributed by atoms with Crippen molar-refractivity contribution in [2.75, 3.05) is 40.1 Å². The normalized spacial score (nSPS) is 10.8. The third-order valence-electron chi connectivity index (χ3n) is 2.74. The molecule has 0 aliphatic heterocycles. The fraction of sp³-hybridized carbons (Fsp3) is 0.667. The monoisotopic (exact) mass is 300 g/mol. The van der Waals surface area contributed by atoms with E-state index in [0.29, 0.717) is 38.9 Å². The third kappa shape index (κ3) is 7.94. The van der Waals surface area contributed by atoms with Gasteiger partial charge in [0.25, 0.3) is 0 Å². The van der Waals surface area contributed by atoms with Crippen molar-refractivity contribution in [3.63, 3.8) is 0 Å². The summed E-state index contributed by atoms with van der Waals surface area (Å²) in [5.74, 6) is 0.104. The molecule has 0 amide bonds. The second-order valence-electron chi connectivity index (χ2n) is 4.60. The van der Waals surface area contributed by atoms with Crippen molar-refractivity contribution in [3.8, 4) is 5.88 Å². The van der Waals surface area contributed by atoms with E-state index in [4.69, 9.17) is 14.2 Å². The minimum atomic E-state index is -0.355. The Morgan fingerprint density at radius 3 is 2.86 bits per heavy atom. The molecule has 0 saturated carbocycles. The lowest BCUT2D eigenvalue weighted by Crippen LogP contribution is -2.16. The van der Waals surface area contributed by atoms with Crippen molar-refractivity contribution >= 4 is 0 Å². The van der Waals surface area contributed by atoms with Crippen LogP contribution in [0.4, 0.5) is 4.39 Å². The van der Waals surface area contributed by atoms with Gasteiger partial charge in [0.05, 0.1) is 12.8 Å². The number of ether oxygens (including phenoxy) is 3. The third-order valence-corrected chi connectivity index (χ3v) is 2.74. The molecule has 120 valence electrons. The van der Waals surface area contributed by atoms with Crippen molar-refractivity contribution < 1.29 is 18.6 Å². The van der Waals surface area contributed by atoms with Crippen molar-refractivity contribution in [2.45, 2.75) is 26.3 Å². The maximum Gasteiger partial charge on any atom is 0.218 e. The second-order valence-corrected chi connectivity index (χ2v) is 4.60. The van der Waals surface area contributed by atoms with E-state index in [2.05, 4.69) is 17.2 Å². The summed E-state index contributed by atoms with van der Waals surface area (Å²) in [4.78, 5) is 3.99. The smallest absolute Gasteiger partial charge is 0.218 e. The molecule has 0 aliphatic rings. The second kappa shape index (κ2) is 11.4. The van der Waals surface area contributed by atoms with Crippen LogP contribution < -0.4 is 10.1 Å². The van der Waals surface area contributed by atoms with Crippen LogP contribution in [0.1, 0.15) is 25.3 Å². The Bertz CT molecular complexity index is 391. The molecule has 0 radical (unpaired) electrons. The largest absolute Gasteiger partial charge is 0.475 e. The zero-order chi connectivity index (χ0) is 15.3. The molecule has 1 heterocycles. The molecule has 0 atom stereocenters. The summed E-state index contributed by atoms with van der Waals surface area (Å²) in [6, 6.07) is 1.45. The topological polar surface area (TPSA) is 52.6 Å². The molecule has 0 fully saturated rings. The Morgan fingerprint density at radius 2 is 2.10 bits per heavy atom. The number of pyridine rings is 1. The van der Waals surface area contributed by atoms with Gasteiger partial charge in [-0.3, -0.25) is 0 Å². The van der Waals surface area contributed by atoms with Crippen molar-refractivity contribution in [1.82, 2.24) is 10.3 Å². The summed E-state index contributed by atoms with van der Waals surface area (Å²) >= 11 is 0. The van der Waals surface area contributed by atoms with Gasteiger partial charge in [0, 0.05) is 32.4 Å². The minimum absolute atomic E-state index is 0.355. The summed E-state index contributed by atoms with van der Waals surface area (Å²) in [6.45, 7) is 5.69.